The average molecular weight is 338 g/mol. The molecule has 0 aliphatic carbocycles. The van der Waals surface area contributed by atoms with Gasteiger partial charge in [0.15, 0.2) is 0 Å². The normalized spacial score (nSPS) is 11.0. The zero-order chi connectivity index (χ0) is 16.9. The standard InChI is InChI=1S/C21H17ClFN/c1-15-6-7-16(8-9-17-4-2-3-5-20(17)22)14-21(15)24-19-12-10-18(23)11-13-19/h2-14,24H,1H3/b9-8+. The first-order valence-electron chi connectivity index (χ1n) is 7.68. The van der Waals surface area contributed by atoms with Crippen molar-refractivity contribution in [3.63, 3.8) is 0 Å². The Morgan fingerprint density at radius 1 is 0.917 bits per heavy atom. The van der Waals surface area contributed by atoms with E-state index in [1.54, 1.807) is 12.1 Å². The van der Waals surface area contributed by atoms with Gasteiger partial charge in [-0.2, -0.15) is 0 Å². The van der Waals surface area contributed by atoms with Crippen molar-refractivity contribution in [1.82, 2.24) is 0 Å². The van der Waals surface area contributed by atoms with E-state index in [1.165, 1.54) is 12.1 Å². The SMILES string of the molecule is Cc1ccc(/C=C/c2ccccc2Cl)cc1Nc1ccc(F)cc1. The Labute approximate surface area is 146 Å². The lowest BCUT2D eigenvalue weighted by atomic mass is 10.1. The summed E-state index contributed by atoms with van der Waals surface area (Å²) in [7, 11) is 0. The quantitative estimate of drug-likeness (QED) is 0.522. The van der Waals surface area contributed by atoms with Crippen LogP contribution in [0.1, 0.15) is 16.7 Å². The summed E-state index contributed by atoms with van der Waals surface area (Å²) >= 11 is 6.17. The second-order valence-corrected chi connectivity index (χ2v) is 5.97. The average Bonchev–Trinajstić information content (AvgIpc) is 2.59. The molecule has 0 heterocycles. The van der Waals surface area contributed by atoms with Crippen LogP contribution in [0.4, 0.5) is 15.8 Å². The van der Waals surface area contributed by atoms with Crippen LogP contribution in [0.25, 0.3) is 12.2 Å². The Kier molecular flexibility index (Phi) is 4.97. The zero-order valence-electron chi connectivity index (χ0n) is 13.3. The molecule has 0 fully saturated rings. The Hall–Kier alpha value is -2.58. The van der Waals surface area contributed by atoms with E-state index < -0.39 is 0 Å². The second-order valence-electron chi connectivity index (χ2n) is 5.56. The first-order chi connectivity index (χ1) is 11.6. The second kappa shape index (κ2) is 7.33. The van der Waals surface area contributed by atoms with Crippen molar-refractivity contribution in [3.8, 4) is 0 Å². The third-order valence-electron chi connectivity index (χ3n) is 3.75. The van der Waals surface area contributed by atoms with Crippen molar-refractivity contribution in [2.75, 3.05) is 5.32 Å². The molecule has 0 saturated carbocycles. The summed E-state index contributed by atoms with van der Waals surface area (Å²) < 4.78 is 13.0. The minimum Gasteiger partial charge on any atom is -0.355 e. The molecule has 1 N–H and O–H groups in total. The van der Waals surface area contributed by atoms with Gasteiger partial charge in [-0.1, -0.05) is 54.1 Å². The first-order valence-corrected chi connectivity index (χ1v) is 8.05. The molecule has 0 saturated heterocycles. The number of hydrogen-bond acceptors (Lipinski definition) is 1. The van der Waals surface area contributed by atoms with E-state index in [4.69, 9.17) is 11.6 Å². The van der Waals surface area contributed by atoms with E-state index in [0.717, 1.165) is 33.1 Å². The van der Waals surface area contributed by atoms with Crippen molar-refractivity contribution in [1.29, 1.82) is 0 Å². The van der Waals surface area contributed by atoms with Gasteiger partial charge in [0.1, 0.15) is 5.82 Å². The zero-order valence-corrected chi connectivity index (χ0v) is 14.0. The van der Waals surface area contributed by atoms with E-state index in [2.05, 4.69) is 23.5 Å². The molecule has 0 amide bonds. The third-order valence-corrected chi connectivity index (χ3v) is 4.09. The van der Waals surface area contributed by atoms with Crippen molar-refractivity contribution < 1.29 is 4.39 Å². The Morgan fingerprint density at radius 3 is 2.42 bits per heavy atom. The van der Waals surface area contributed by atoms with Gasteiger partial charge in [0, 0.05) is 16.4 Å². The molecule has 24 heavy (non-hydrogen) atoms. The van der Waals surface area contributed by atoms with Crippen LogP contribution in [0.3, 0.4) is 0 Å². The molecule has 3 heteroatoms. The van der Waals surface area contributed by atoms with Gasteiger partial charge in [0.25, 0.3) is 0 Å². The molecule has 3 aromatic carbocycles. The van der Waals surface area contributed by atoms with Gasteiger partial charge in [-0.25, -0.2) is 4.39 Å². The largest absolute Gasteiger partial charge is 0.355 e. The van der Waals surface area contributed by atoms with Gasteiger partial charge < -0.3 is 5.32 Å². The smallest absolute Gasteiger partial charge is 0.123 e. The van der Waals surface area contributed by atoms with Crippen LogP contribution in [0, 0.1) is 12.7 Å². The highest BCUT2D eigenvalue weighted by Crippen LogP contribution is 2.24. The third kappa shape index (κ3) is 4.03. The number of rotatable bonds is 4. The molecule has 3 aromatic rings. The maximum atomic E-state index is 13.0. The van der Waals surface area contributed by atoms with Crippen LogP contribution in [0.15, 0.2) is 66.7 Å². The molecule has 0 aromatic heterocycles. The molecule has 0 unspecified atom stereocenters. The van der Waals surface area contributed by atoms with Gasteiger partial charge in [-0.15, -0.1) is 0 Å². The molecule has 0 spiro atoms. The van der Waals surface area contributed by atoms with Crippen molar-refractivity contribution >= 4 is 35.1 Å². The topological polar surface area (TPSA) is 12.0 Å². The predicted molar refractivity (Wildman–Crippen MR) is 101 cm³/mol. The number of anilines is 2. The molecule has 0 aliphatic heterocycles. The Balaban J connectivity index is 1.83. The number of benzene rings is 3. The summed E-state index contributed by atoms with van der Waals surface area (Å²) in [6.45, 7) is 2.04. The maximum Gasteiger partial charge on any atom is 0.123 e. The summed E-state index contributed by atoms with van der Waals surface area (Å²) in [5, 5.41) is 4.05. The fraction of sp³-hybridized carbons (Fsp3) is 0.0476. The van der Waals surface area contributed by atoms with E-state index in [9.17, 15) is 4.39 Å². The molecule has 0 aliphatic rings. The first kappa shape index (κ1) is 16.3. The van der Waals surface area contributed by atoms with Gasteiger partial charge in [0.2, 0.25) is 0 Å². The van der Waals surface area contributed by atoms with Crippen LogP contribution < -0.4 is 5.32 Å². The monoisotopic (exact) mass is 337 g/mol. The summed E-state index contributed by atoms with van der Waals surface area (Å²) in [5.74, 6) is -0.242. The number of hydrogen-bond donors (Lipinski definition) is 1. The Morgan fingerprint density at radius 2 is 1.67 bits per heavy atom. The molecular formula is C21H17ClFN. The van der Waals surface area contributed by atoms with Crippen molar-refractivity contribution in [2.45, 2.75) is 6.92 Å². The van der Waals surface area contributed by atoms with Crippen molar-refractivity contribution in [2.24, 2.45) is 0 Å². The van der Waals surface area contributed by atoms with Crippen LogP contribution >= 0.6 is 11.6 Å². The van der Waals surface area contributed by atoms with Gasteiger partial charge in [-0.05, 0) is 60.0 Å². The van der Waals surface area contributed by atoms with E-state index in [0.29, 0.717) is 0 Å². The minimum absolute atomic E-state index is 0.242. The molecular weight excluding hydrogens is 321 g/mol. The number of aryl methyl sites for hydroxylation is 1. The molecule has 0 radical (unpaired) electrons. The summed E-state index contributed by atoms with van der Waals surface area (Å²) in [5.41, 5.74) is 5.00. The number of halogens is 2. The molecule has 0 bridgehead atoms. The van der Waals surface area contributed by atoms with E-state index in [-0.39, 0.29) is 5.82 Å². The fourth-order valence-electron chi connectivity index (χ4n) is 2.36. The summed E-state index contributed by atoms with van der Waals surface area (Å²) in [4.78, 5) is 0. The summed E-state index contributed by atoms with van der Waals surface area (Å²) in [6.07, 6.45) is 4.02. The lowest BCUT2D eigenvalue weighted by molar-refractivity contribution is 0.628. The van der Waals surface area contributed by atoms with Crippen LogP contribution in [0.5, 0.6) is 0 Å². The van der Waals surface area contributed by atoms with Crippen LogP contribution in [0.2, 0.25) is 5.02 Å². The summed E-state index contributed by atoms with van der Waals surface area (Å²) in [6, 6.07) is 20.2. The molecule has 0 atom stereocenters. The highest BCUT2D eigenvalue weighted by molar-refractivity contribution is 6.32. The number of nitrogens with one attached hydrogen (secondary N) is 1. The van der Waals surface area contributed by atoms with Gasteiger partial charge >= 0.3 is 0 Å². The molecule has 120 valence electrons. The lowest BCUT2D eigenvalue weighted by Gasteiger charge is -2.10. The van der Waals surface area contributed by atoms with E-state index >= 15 is 0 Å². The fourth-order valence-corrected chi connectivity index (χ4v) is 2.56. The lowest BCUT2D eigenvalue weighted by Crippen LogP contribution is -1.93. The van der Waals surface area contributed by atoms with Gasteiger partial charge in [-0.3, -0.25) is 0 Å². The molecule has 1 nitrogen and oxygen atoms in total. The highest BCUT2D eigenvalue weighted by Gasteiger charge is 2.01. The molecule has 3 rings (SSSR count). The predicted octanol–water partition coefficient (Wildman–Crippen LogP) is 6.70. The van der Waals surface area contributed by atoms with Crippen LogP contribution in [-0.4, -0.2) is 0 Å². The maximum absolute atomic E-state index is 13.0. The minimum atomic E-state index is -0.242. The van der Waals surface area contributed by atoms with Crippen molar-refractivity contribution in [3.05, 3.63) is 94.3 Å². The van der Waals surface area contributed by atoms with Gasteiger partial charge in [0.05, 0.1) is 0 Å². The Bertz CT molecular complexity index is 869. The van der Waals surface area contributed by atoms with E-state index in [1.807, 2.05) is 43.3 Å². The van der Waals surface area contributed by atoms with Crippen LogP contribution in [-0.2, 0) is 0 Å². The highest BCUT2D eigenvalue weighted by atomic mass is 35.5.